The van der Waals surface area contributed by atoms with Crippen molar-refractivity contribution < 1.29 is 19.0 Å². The summed E-state index contributed by atoms with van der Waals surface area (Å²) >= 11 is 1.53. The number of carbonyl (C=O) groups excluding carboxylic acids is 1. The van der Waals surface area contributed by atoms with Crippen molar-refractivity contribution in [2.75, 3.05) is 26.3 Å². The maximum atomic E-state index is 11.6. The molecule has 1 fully saturated rings. The molecule has 0 aliphatic heterocycles. The lowest BCUT2D eigenvalue weighted by Gasteiger charge is -2.21. The highest BCUT2D eigenvalue weighted by atomic mass is 32.1. The molecule has 4 rings (SSSR count). The van der Waals surface area contributed by atoms with Crippen LogP contribution in [-0.4, -0.2) is 48.2 Å². The highest BCUT2D eigenvalue weighted by molar-refractivity contribution is 7.20. The zero-order valence-corrected chi connectivity index (χ0v) is 17.9. The van der Waals surface area contributed by atoms with Crippen molar-refractivity contribution in [1.82, 2.24) is 9.88 Å². The molecule has 1 saturated carbocycles. The zero-order valence-electron chi connectivity index (χ0n) is 17.1. The molecule has 1 aromatic heterocycles. The van der Waals surface area contributed by atoms with E-state index in [1.54, 1.807) is 0 Å². The van der Waals surface area contributed by atoms with E-state index in [1.807, 2.05) is 55.5 Å². The van der Waals surface area contributed by atoms with Gasteiger partial charge in [-0.05, 0) is 56.2 Å². The Morgan fingerprint density at radius 3 is 2.60 bits per heavy atom. The number of thiazole rings is 1. The Kier molecular flexibility index (Phi) is 6.81. The Morgan fingerprint density at radius 1 is 1.10 bits per heavy atom. The zero-order chi connectivity index (χ0) is 20.8. The van der Waals surface area contributed by atoms with Crippen molar-refractivity contribution in [2.24, 2.45) is 0 Å². The van der Waals surface area contributed by atoms with Gasteiger partial charge in [0, 0.05) is 19.1 Å². The van der Waals surface area contributed by atoms with Crippen LogP contribution in [0.4, 0.5) is 0 Å². The molecule has 0 saturated heterocycles. The van der Waals surface area contributed by atoms with Crippen molar-refractivity contribution in [3.05, 3.63) is 48.5 Å². The first-order valence-electron chi connectivity index (χ1n) is 10.4. The van der Waals surface area contributed by atoms with Crippen molar-refractivity contribution in [1.29, 1.82) is 0 Å². The first kappa shape index (κ1) is 20.6. The number of para-hydroxylation sites is 1. The highest BCUT2D eigenvalue weighted by Crippen LogP contribution is 2.31. The number of hydrogen-bond acceptors (Lipinski definition) is 7. The summed E-state index contributed by atoms with van der Waals surface area (Å²) in [7, 11) is 0. The lowest BCUT2D eigenvalue weighted by molar-refractivity contribution is -0.143. The van der Waals surface area contributed by atoms with Crippen LogP contribution in [0.5, 0.6) is 16.7 Å². The van der Waals surface area contributed by atoms with Crippen molar-refractivity contribution in [3.63, 3.8) is 0 Å². The van der Waals surface area contributed by atoms with Gasteiger partial charge in [0.1, 0.15) is 18.1 Å². The van der Waals surface area contributed by atoms with Gasteiger partial charge >= 0.3 is 5.97 Å². The lowest BCUT2D eigenvalue weighted by atomic mass is 10.3. The molecule has 0 atom stereocenters. The Bertz CT molecular complexity index is 936. The standard InChI is InChI=1S/C23H26N2O4S/c1-2-27-22(26)13-14-25(17-7-8-17)15-16-28-18-9-11-19(12-10-18)29-23-24-20-5-3-4-6-21(20)30-23/h3-6,9-12,17H,2,7-8,13-16H2,1H3. The molecule has 1 aliphatic rings. The second-order valence-corrected chi connectivity index (χ2v) is 8.18. The summed E-state index contributed by atoms with van der Waals surface area (Å²) in [5.41, 5.74) is 0.945. The molecule has 0 N–H and O–H groups in total. The maximum absolute atomic E-state index is 11.6. The second-order valence-electron chi connectivity index (χ2n) is 7.19. The van der Waals surface area contributed by atoms with E-state index in [0.29, 0.717) is 30.9 Å². The Balaban J connectivity index is 1.24. The van der Waals surface area contributed by atoms with Gasteiger partial charge in [-0.15, -0.1) is 0 Å². The van der Waals surface area contributed by atoms with E-state index < -0.39 is 0 Å². The third kappa shape index (κ3) is 5.70. The van der Waals surface area contributed by atoms with E-state index in [2.05, 4.69) is 9.88 Å². The molecule has 3 aromatic rings. The Hall–Kier alpha value is -2.64. The minimum absolute atomic E-state index is 0.132. The summed E-state index contributed by atoms with van der Waals surface area (Å²) in [5.74, 6) is 1.40. The summed E-state index contributed by atoms with van der Waals surface area (Å²) < 4.78 is 17.9. The fourth-order valence-electron chi connectivity index (χ4n) is 3.26. The SMILES string of the molecule is CCOC(=O)CCN(CCOc1ccc(Oc2nc3ccccc3s2)cc1)C1CC1. The number of aromatic nitrogens is 1. The number of esters is 1. The largest absolute Gasteiger partial charge is 0.492 e. The van der Waals surface area contributed by atoms with Crippen LogP contribution in [0.1, 0.15) is 26.2 Å². The predicted molar refractivity (Wildman–Crippen MR) is 117 cm³/mol. The van der Waals surface area contributed by atoms with Gasteiger partial charge < -0.3 is 14.2 Å². The minimum atomic E-state index is -0.132. The molecule has 158 valence electrons. The van der Waals surface area contributed by atoms with Gasteiger partial charge in [-0.25, -0.2) is 4.98 Å². The van der Waals surface area contributed by atoms with Crippen LogP contribution < -0.4 is 9.47 Å². The average molecular weight is 427 g/mol. The summed E-state index contributed by atoms with van der Waals surface area (Å²) in [6.45, 7) is 4.37. The van der Waals surface area contributed by atoms with E-state index in [4.69, 9.17) is 14.2 Å². The van der Waals surface area contributed by atoms with Crippen LogP contribution in [-0.2, 0) is 9.53 Å². The molecule has 2 aromatic carbocycles. The van der Waals surface area contributed by atoms with Gasteiger partial charge in [-0.1, -0.05) is 23.5 Å². The quantitative estimate of drug-likeness (QED) is 0.407. The molecular weight excluding hydrogens is 400 g/mol. The Labute approximate surface area is 180 Å². The lowest BCUT2D eigenvalue weighted by Crippen LogP contribution is -2.32. The summed E-state index contributed by atoms with van der Waals surface area (Å²) in [5, 5.41) is 0.631. The van der Waals surface area contributed by atoms with Crippen LogP contribution in [0, 0.1) is 0 Å². The van der Waals surface area contributed by atoms with Crippen LogP contribution in [0.3, 0.4) is 0 Å². The third-order valence-corrected chi connectivity index (χ3v) is 5.84. The molecular formula is C23H26N2O4S. The number of fused-ring (bicyclic) bond motifs is 1. The molecule has 0 radical (unpaired) electrons. The smallest absolute Gasteiger partial charge is 0.307 e. The fraction of sp³-hybridized carbons (Fsp3) is 0.391. The maximum Gasteiger partial charge on any atom is 0.307 e. The molecule has 1 aliphatic carbocycles. The predicted octanol–water partition coefficient (Wildman–Crippen LogP) is 4.89. The molecule has 1 heterocycles. The first-order valence-corrected chi connectivity index (χ1v) is 11.2. The van der Waals surface area contributed by atoms with Crippen LogP contribution in [0.2, 0.25) is 0 Å². The van der Waals surface area contributed by atoms with Gasteiger partial charge in [-0.2, -0.15) is 0 Å². The minimum Gasteiger partial charge on any atom is -0.492 e. The van der Waals surface area contributed by atoms with Crippen molar-refractivity contribution in [3.8, 4) is 16.7 Å². The van der Waals surface area contributed by atoms with Gasteiger partial charge in [0.2, 0.25) is 0 Å². The molecule has 0 unspecified atom stereocenters. The Morgan fingerprint density at radius 2 is 1.87 bits per heavy atom. The van der Waals surface area contributed by atoms with E-state index in [0.717, 1.165) is 34.8 Å². The van der Waals surface area contributed by atoms with Gasteiger partial charge in [0.15, 0.2) is 0 Å². The molecule has 7 heteroatoms. The first-order chi connectivity index (χ1) is 14.7. The van der Waals surface area contributed by atoms with Crippen LogP contribution in [0.25, 0.3) is 10.2 Å². The third-order valence-electron chi connectivity index (χ3n) is 4.92. The van der Waals surface area contributed by atoms with Gasteiger partial charge in [0.25, 0.3) is 5.19 Å². The number of hydrogen-bond donors (Lipinski definition) is 0. The monoisotopic (exact) mass is 426 g/mol. The summed E-state index contributed by atoms with van der Waals surface area (Å²) in [6.07, 6.45) is 2.82. The highest BCUT2D eigenvalue weighted by Gasteiger charge is 2.29. The number of rotatable bonds is 11. The van der Waals surface area contributed by atoms with Crippen LogP contribution >= 0.6 is 11.3 Å². The summed E-state index contributed by atoms with van der Waals surface area (Å²) in [6, 6.07) is 16.2. The molecule has 0 bridgehead atoms. The normalized spacial score (nSPS) is 13.5. The number of nitrogens with zero attached hydrogens (tertiary/aromatic N) is 2. The molecule has 0 spiro atoms. The summed E-state index contributed by atoms with van der Waals surface area (Å²) in [4.78, 5) is 18.4. The molecule has 6 nitrogen and oxygen atoms in total. The van der Waals surface area contributed by atoms with Crippen molar-refractivity contribution in [2.45, 2.75) is 32.2 Å². The fourth-order valence-corrected chi connectivity index (χ4v) is 4.10. The van der Waals surface area contributed by atoms with E-state index in [9.17, 15) is 4.79 Å². The average Bonchev–Trinajstić information content (AvgIpc) is 3.51. The molecule has 0 amide bonds. The van der Waals surface area contributed by atoms with E-state index >= 15 is 0 Å². The van der Waals surface area contributed by atoms with Crippen molar-refractivity contribution >= 4 is 27.5 Å². The van der Waals surface area contributed by atoms with E-state index in [1.165, 1.54) is 24.2 Å². The van der Waals surface area contributed by atoms with E-state index in [-0.39, 0.29) is 5.97 Å². The number of carbonyl (C=O) groups is 1. The molecule has 30 heavy (non-hydrogen) atoms. The second kappa shape index (κ2) is 9.91. The van der Waals surface area contributed by atoms with Gasteiger partial charge in [0.05, 0.1) is 23.2 Å². The van der Waals surface area contributed by atoms with Gasteiger partial charge in [-0.3, -0.25) is 9.69 Å². The topological polar surface area (TPSA) is 60.9 Å². The van der Waals surface area contributed by atoms with Crippen LogP contribution in [0.15, 0.2) is 48.5 Å². The number of benzene rings is 2. The number of ether oxygens (including phenoxy) is 3.